The van der Waals surface area contributed by atoms with Crippen LogP contribution < -0.4 is 10.9 Å². The summed E-state index contributed by atoms with van der Waals surface area (Å²) in [6, 6.07) is 10.6. The zero-order valence-corrected chi connectivity index (χ0v) is 14.8. The highest BCUT2D eigenvalue weighted by molar-refractivity contribution is 6.07. The molecule has 1 aliphatic carbocycles. The molecule has 0 aliphatic heterocycles. The van der Waals surface area contributed by atoms with Crippen molar-refractivity contribution in [2.75, 3.05) is 0 Å². The smallest absolute Gasteiger partial charge is 0.258 e. The van der Waals surface area contributed by atoms with E-state index in [4.69, 9.17) is 0 Å². The Balaban J connectivity index is 1.53. The Hall–Kier alpha value is -2.82. The van der Waals surface area contributed by atoms with Crippen LogP contribution in [0.5, 0.6) is 0 Å². The van der Waals surface area contributed by atoms with Gasteiger partial charge in [0.05, 0.1) is 16.5 Å². The second-order valence-electron chi connectivity index (χ2n) is 7.20. The zero-order chi connectivity index (χ0) is 18.1. The maximum absolute atomic E-state index is 12.8. The zero-order valence-electron chi connectivity index (χ0n) is 14.8. The lowest BCUT2D eigenvalue weighted by Crippen LogP contribution is -2.38. The molecule has 1 unspecified atom stereocenters. The molecule has 0 radical (unpaired) electrons. The number of rotatable bonds is 3. The molecule has 0 bridgehead atoms. The number of H-pyrrole nitrogens is 2. The molecule has 26 heavy (non-hydrogen) atoms. The third-order valence-electron chi connectivity index (χ3n) is 5.45. The Kier molecular flexibility index (Phi) is 4.37. The van der Waals surface area contributed by atoms with Crippen LogP contribution in [0.2, 0.25) is 0 Å². The molecule has 0 saturated heterocycles. The van der Waals surface area contributed by atoms with E-state index >= 15 is 0 Å². The van der Waals surface area contributed by atoms with Crippen LogP contribution in [-0.4, -0.2) is 21.9 Å². The predicted octanol–water partition coefficient (Wildman–Crippen LogP) is 3.62. The van der Waals surface area contributed by atoms with Crippen molar-refractivity contribution in [3.63, 3.8) is 0 Å². The van der Waals surface area contributed by atoms with Crippen molar-refractivity contribution in [2.45, 2.75) is 44.6 Å². The molecule has 2 heterocycles. The van der Waals surface area contributed by atoms with Gasteiger partial charge >= 0.3 is 0 Å². The summed E-state index contributed by atoms with van der Waals surface area (Å²) in [5.41, 5.74) is 3.17. The molecule has 5 heteroatoms. The first-order valence-corrected chi connectivity index (χ1v) is 9.18. The first kappa shape index (κ1) is 16.6. The minimum absolute atomic E-state index is 0.135. The molecular formula is C21H23N3O2. The fourth-order valence-electron chi connectivity index (χ4n) is 4.08. The molecule has 5 nitrogen and oxygen atoms in total. The highest BCUT2D eigenvalue weighted by atomic mass is 16.2. The Morgan fingerprint density at radius 2 is 1.92 bits per heavy atom. The van der Waals surface area contributed by atoms with Gasteiger partial charge in [-0.05, 0) is 43.2 Å². The normalized spacial score (nSPS) is 20.2. The number of pyridine rings is 1. The van der Waals surface area contributed by atoms with Gasteiger partial charge in [-0.1, -0.05) is 36.8 Å². The van der Waals surface area contributed by atoms with Gasteiger partial charge in [-0.15, -0.1) is 0 Å². The van der Waals surface area contributed by atoms with Crippen LogP contribution in [0.15, 0.2) is 47.5 Å². The lowest BCUT2D eigenvalue weighted by molar-refractivity contribution is 0.0927. The van der Waals surface area contributed by atoms with E-state index in [9.17, 15) is 9.59 Å². The Bertz CT molecular complexity index is 987. The monoisotopic (exact) mass is 349 g/mol. The van der Waals surface area contributed by atoms with Crippen LogP contribution in [0.3, 0.4) is 0 Å². The maximum Gasteiger partial charge on any atom is 0.258 e. The van der Waals surface area contributed by atoms with E-state index in [0.29, 0.717) is 16.9 Å². The highest BCUT2D eigenvalue weighted by Gasteiger charge is 2.26. The van der Waals surface area contributed by atoms with Crippen LogP contribution in [0, 0.1) is 6.92 Å². The van der Waals surface area contributed by atoms with E-state index < -0.39 is 0 Å². The predicted molar refractivity (Wildman–Crippen MR) is 103 cm³/mol. The van der Waals surface area contributed by atoms with Gasteiger partial charge in [-0.25, -0.2) is 0 Å². The van der Waals surface area contributed by atoms with E-state index in [1.165, 1.54) is 5.56 Å². The maximum atomic E-state index is 12.8. The number of aromatic nitrogens is 2. The van der Waals surface area contributed by atoms with Gasteiger partial charge in [0.2, 0.25) is 0 Å². The molecule has 3 aromatic rings. The molecule has 1 fully saturated rings. The quantitative estimate of drug-likeness (QED) is 0.675. The van der Waals surface area contributed by atoms with Crippen molar-refractivity contribution in [1.29, 1.82) is 0 Å². The minimum Gasteiger partial charge on any atom is -0.360 e. The lowest BCUT2D eigenvalue weighted by atomic mass is 9.81. The molecular weight excluding hydrogens is 326 g/mol. The van der Waals surface area contributed by atoms with Crippen molar-refractivity contribution in [2.24, 2.45) is 0 Å². The number of aromatic amines is 2. The Morgan fingerprint density at radius 1 is 1.12 bits per heavy atom. The van der Waals surface area contributed by atoms with Gasteiger partial charge in [0.1, 0.15) is 0 Å². The van der Waals surface area contributed by atoms with E-state index in [1.54, 1.807) is 12.4 Å². The largest absolute Gasteiger partial charge is 0.360 e. The van der Waals surface area contributed by atoms with Crippen LogP contribution in [0.25, 0.3) is 10.9 Å². The van der Waals surface area contributed by atoms with Crippen LogP contribution in [0.1, 0.15) is 53.1 Å². The number of amides is 1. The van der Waals surface area contributed by atoms with Crippen LogP contribution >= 0.6 is 0 Å². The summed E-state index contributed by atoms with van der Waals surface area (Å²) in [4.78, 5) is 30.8. The highest BCUT2D eigenvalue weighted by Crippen LogP contribution is 2.33. The van der Waals surface area contributed by atoms with Gasteiger partial charge < -0.3 is 15.3 Å². The molecule has 1 saturated carbocycles. The molecule has 0 spiro atoms. The number of aryl methyl sites for hydroxylation is 1. The van der Waals surface area contributed by atoms with Crippen molar-refractivity contribution in [3.8, 4) is 0 Å². The van der Waals surface area contributed by atoms with E-state index in [1.807, 2.05) is 13.0 Å². The summed E-state index contributed by atoms with van der Waals surface area (Å²) in [6.45, 7) is 1.90. The van der Waals surface area contributed by atoms with E-state index in [-0.39, 0.29) is 17.5 Å². The van der Waals surface area contributed by atoms with Crippen LogP contribution in [-0.2, 0) is 0 Å². The molecule has 1 aromatic carbocycles. The SMILES string of the molecule is Cc1c[nH]c(=O)c2c(C(=O)NC3CCC[C@@H](c4ccccc4)C3)c[nH]c12. The Morgan fingerprint density at radius 3 is 2.73 bits per heavy atom. The third kappa shape index (κ3) is 3.05. The van der Waals surface area contributed by atoms with Gasteiger partial charge in [0, 0.05) is 18.4 Å². The number of hydrogen-bond acceptors (Lipinski definition) is 2. The molecule has 134 valence electrons. The van der Waals surface area contributed by atoms with Gasteiger partial charge in [-0.2, -0.15) is 0 Å². The van der Waals surface area contributed by atoms with Crippen molar-refractivity contribution >= 4 is 16.8 Å². The molecule has 3 N–H and O–H groups in total. The van der Waals surface area contributed by atoms with Gasteiger partial charge in [0.25, 0.3) is 11.5 Å². The molecule has 4 rings (SSSR count). The number of carbonyl (C=O) groups is 1. The number of nitrogens with one attached hydrogen (secondary N) is 3. The number of benzene rings is 1. The van der Waals surface area contributed by atoms with E-state index in [0.717, 1.165) is 36.8 Å². The van der Waals surface area contributed by atoms with Crippen molar-refractivity contribution in [3.05, 3.63) is 69.8 Å². The van der Waals surface area contributed by atoms with Crippen LogP contribution in [0.4, 0.5) is 0 Å². The molecule has 2 atom stereocenters. The minimum atomic E-state index is -0.234. The summed E-state index contributed by atoms with van der Waals surface area (Å²) in [7, 11) is 0. The second kappa shape index (κ2) is 6.83. The Labute approximate surface area is 151 Å². The van der Waals surface area contributed by atoms with E-state index in [2.05, 4.69) is 39.6 Å². The summed E-state index contributed by atoms with van der Waals surface area (Å²) in [5, 5.41) is 3.59. The second-order valence-corrected chi connectivity index (χ2v) is 7.20. The fraction of sp³-hybridized carbons (Fsp3) is 0.333. The summed E-state index contributed by atoms with van der Waals surface area (Å²) >= 11 is 0. The third-order valence-corrected chi connectivity index (χ3v) is 5.45. The number of carbonyl (C=O) groups excluding carboxylic acids is 1. The first-order chi connectivity index (χ1) is 12.6. The summed E-state index contributed by atoms with van der Waals surface area (Å²) in [6.07, 6.45) is 7.47. The molecule has 1 amide bonds. The standard InChI is InChI=1S/C21H23N3O2/c1-13-11-23-21(26)18-17(12-22-19(13)18)20(25)24-16-9-5-8-15(10-16)14-6-3-2-4-7-14/h2-4,6-7,11-12,15-16,22H,5,8-10H2,1H3,(H,23,26)(H,24,25)/t15-,16?/m1/s1. The number of fused-ring (bicyclic) bond motifs is 1. The van der Waals surface area contributed by atoms with Gasteiger partial charge in [0.15, 0.2) is 0 Å². The first-order valence-electron chi connectivity index (χ1n) is 9.18. The average Bonchev–Trinajstić information content (AvgIpc) is 3.12. The van der Waals surface area contributed by atoms with Gasteiger partial charge in [-0.3, -0.25) is 9.59 Å². The van der Waals surface area contributed by atoms with Crippen molar-refractivity contribution < 1.29 is 4.79 Å². The lowest BCUT2D eigenvalue weighted by Gasteiger charge is -2.30. The topological polar surface area (TPSA) is 77.8 Å². The number of hydrogen-bond donors (Lipinski definition) is 3. The summed E-state index contributed by atoms with van der Waals surface area (Å²) < 4.78 is 0. The molecule has 1 aliphatic rings. The molecule has 2 aromatic heterocycles. The average molecular weight is 349 g/mol. The van der Waals surface area contributed by atoms with Crippen molar-refractivity contribution in [1.82, 2.24) is 15.3 Å². The fourth-order valence-corrected chi connectivity index (χ4v) is 4.08. The summed E-state index contributed by atoms with van der Waals surface area (Å²) in [5.74, 6) is 0.301.